The summed E-state index contributed by atoms with van der Waals surface area (Å²) in [5, 5.41) is 4.06. The van der Waals surface area contributed by atoms with Crippen molar-refractivity contribution in [3.63, 3.8) is 0 Å². The lowest BCUT2D eigenvalue weighted by Crippen LogP contribution is -2.40. The lowest BCUT2D eigenvalue weighted by Gasteiger charge is -2.34. The first kappa shape index (κ1) is 20.9. The van der Waals surface area contributed by atoms with Crippen LogP contribution in [0.15, 0.2) is 36.7 Å². The van der Waals surface area contributed by atoms with E-state index in [1.54, 1.807) is 0 Å². The molecule has 0 aromatic carbocycles. The summed E-state index contributed by atoms with van der Waals surface area (Å²) < 4.78 is 54.2. The number of amides is 1. The first-order valence-electron chi connectivity index (χ1n) is 9.47. The van der Waals surface area contributed by atoms with Crippen LogP contribution in [0.1, 0.15) is 58.3 Å². The predicted octanol–water partition coefficient (Wildman–Crippen LogP) is 3.89. The molecule has 3 aromatic heterocycles. The number of pyridine rings is 1. The smallest absolute Gasteiger partial charge is 0.280 e. The summed E-state index contributed by atoms with van der Waals surface area (Å²) in [6.07, 6.45) is -3.97. The molecule has 3 aromatic rings. The second kappa shape index (κ2) is 8.05. The monoisotopic (exact) mass is 434 g/mol. The summed E-state index contributed by atoms with van der Waals surface area (Å²) in [6.45, 7) is 6.03. The molecule has 1 fully saturated rings. The van der Waals surface area contributed by atoms with E-state index in [4.69, 9.17) is 0 Å². The van der Waals surface area contributed by atoms with Crippen molar-refractivity contribution in [1.29, 1.82) is 0 Å². The first-order valence-corrected chi connectivity index (χ1v) is 9.47. The normalized spacial score (nSPS) is 17.2. The number of aryl methyl sites for hydroxylation is 1. The molecule has 31 heavy (non-hydrogen) atoms. The number of halogens is 4. The SMILES string of the molecule is C=C1CCN(C(=O)c2cc(C)nc(C(F)F)c2)C[C@H]1c1cc(C(F)F)nc2ncnn12. The van der Waals surface area contributed by atoms with Crippen LogP contribution in [0.3, 0.4) is 0 Å². The molecule has 4 heterocycles. The van der Waals surface area contributed by atoms with Gasteiger partial charge in [0, 0.05) is 30.3 Å². The summed E-state index contributed by atoms with van der Waals surface area (Å²) in [5.74, 6) is -0.918. The van der Waals surface area contributed by atoms with Crippen LogP contribution in [0, 0.1) is 6.92 Å². The molecule has 1 saturated heterocycles. The average Bonchev–Trinajstić information content (AvgIpc) is 3.21. The molecule has 0 aliphatic carbocycles. The van der Waals surface area contributed by atoms with Gasteiger partial charge in [-0.05, 0) is 31.5 Å². The highest BCUT2D eigenvalue weighted by molar-refractivity contribution is 5.94. The van der Waals surface area contributed by atoms with Crippen molar-refractivity contribution in [1.82, 2.24) is 29.5 Å². The molecule has 0 radical (unpaired) electrons. The van der Waals surface area contributed by atoms with Gasteiger partial charge in [0.2, 0.25) is 0 Å². The molecule has 0 saturated carbocycles. The van der Waals surface area contributed by atoms with Crippen LogP contribution in [0.2, 0.25) is 0 Å². The van der Waals surface area contributed by atoms with Gasteiger partial charge in [0.25, 0.3) is 24.5 Å². The Morgan fingerprint density at radius 3 is 2.55 bits per heavy atom. The third-order valence-corrected chi connectivity index (χ3v) is 5.21. The van der Waals surface area contributed by atoms with Crippen LogP contribution >= 0.6 is 0 Å². The lowest BCUT2D eigenvalue weighted by molar-refractivity contribution is 0.0730. The number of likely N-dealkylation sites (tertiary alicyclic amines) is 1. The molecule has 7 nitrogen and oxygen atoms in total. The summed E-state index contributed by atoms with van der Waals surface area (Å²) in [7, 11) is 0. The number of aromatic nitrogens is 5. The molecule has 0 N–H and O–H groups in total. The summed E-state index contributed by atoms with van der Waals surface area (Å²) >= 11 is 0. The van der Waals surface area contributed by atoms with E-state index in [0.717, 1.165) is 11.6 Å². The topological polar surface area (TPSA) is 76.3 Å². The second-order valence-corrected chi connectivity index (χ2v) is 7.31. The van der Waals surface area contributed by atoms with E-state index in [1.807, 2.05) is 0 Å². The highest BCUT2D eigenvalue weighted by Crippen LogP contribution is 2.33. The largest absolute Gasteiger partial charge is 0.337 e. The van der Waals surface area contributed by atoms with Gasteiger partial charge in [-0.1, -0.05) is 12.2 Å². The number of rotatable bonds is 4. The Balaban J connectivity index is 1.68. The minimum Gasteiger partial charge on any atom is -0.337 e. The highest BCUT2D eigenvalue weighted by atomic mass is 19.3. The van der Waals surface area contributed by atoms with Crippen molar-refractivity contribution in [2.45, 2.75) is 32.1 Å². The van der Waals surface area contributed by atoms with Crippen LogP contribution in [0.25, 0.3) is 5.78 Å². The number of carbonyl (C=O) groups excluding carboxylic acids is 1. The van der Waals surface area contributed by atoms with E-state index in [9.17, 15) is 22.4 Å². The van der Waals surface area contributed by atoms with Crippen LogP contribution in [0.4, 0.5) is 17.6 Å². The van der Waals surface area contributed by atoms with Crippen molar-refractivity contribution in [3.05, 3.63) is 65.0 Å². The molecular formula is C20H18F4N6O. The molecule has 1 amide bonds. The molecule has 1 aliphatic heterocycles. The molecule has 1 atom stereocenters. The van der Waals surface area contributed by atoms with Crippen LogP contribution in [-0.2, 0) is 0 Å². The summed E-state index contributed by atoms with van der Waals surface area (Å²) in [4.78, 5) is 26.0. The van der Waals surface area contributed by atoms with Crippen LogP contribution < -0.4 is 0 Å². The lowest BCUT2D eigenvalue weighted by atomic mass is 9.89. The fourth-order valence-electron chi connectivity index (χ4n) is 3.71. The zero-order valence-electron chi connectivity index (χ0n) is 16.5. The Labute approximate surface area is 174 Å². The Kier molecular flexibility index (Phi) is 5.42. The van der Waals surface area contributed by atoms with E-state index in [-0.39, 0.29) is 17.9 Å². The predicted molar refractivity (Wildman–Crippen MR) is 102 cm³/mol. The second-order valence-electron chi connectivity index (χ2n) is 7.31. The third-order valence-electron chi connectivity index (χ3n) is 5.21. The minimum atomic E-state index is -2.80. The van der Waals surface area contributed by atoms with Crippen LogP contribution in [0.5, 0.6) is 0 Å². The van der Waals surface area contributed by atoms with Crippen molar-refractivity contribution < 1.29 is 22.4 Å². The van der Waals surface area contributed by atoms with Gasteiger partial charge in [-0.2, -0.15) is 10.1 Å². The number of carbonyl (C=O) groups is 1. The van der Waals surface area contributed by atoms with Gasteiger partial charge >= 0.3 is 0 Å². The van der Waals surface area contributed by atoms with Gasteiger partial charge in [0.15, 0.2) is 0 Å². The molecule has 11 heteroatoms. The minimum absolute atomic E-state index is 0.0235. The maximum atomic E-state index is 13.3. The number of hydrogen-bond acceptors (Lipinski definition) is 5. The number of piperidine rings is 1. The summed E-state index contributed by atoms with van der Waals surface area (Å²) in [6, 6.07) is 3.76. The highest BCUT2D eigenvalue weighted by Gasteiger charge is 2.31. The van der Waals surface area contributed by atoms with Gasteiger partial charge in [0.1, 0.15) is 17.7 Å². The van der Waals surface area contributed by atoms with E-state index in [0.29, 0.717) is 24.4 Å². The molecule has 0 bridgehead atoms. The van der Waals surface area contributed by atoms with Crippen molar-refractivity contribution >= 4 is 11.7 Å². The molecule has 0 spiro atoms. The van der Waals surface area contributed by atoms with Crippen molar-refractivity contribution in [2.75, 3.05) is 13.1 Å². The van der Waals surface area contributed by atoms with Crippen molar-refractivity contribution in [3.8, 4) is 0 Å². The molecular weight excluding hydrogens is 416 g/mol. The average molecular weight is 434 g/mol. The van der Waals surface area contributed by atoms with E-state index in [2.05, 4.69) is 26.6 Å². The number of nitrogens with zero attached hydrogens (tertiary/aromatic N) is 6. The number of fused-ring (bicyclic) bond motifs is 1. The third kappa shape index (κ3) is 3.99. The molecule has 0 unspecified atom stereocenters. The Hall–Kier alpha value is -3.37. The van der Waals surface area contributed by atoms with Gasteiger partial charge in [-0.3, -0.25) is 9.78 Å². The maximum Gasteiger partial charge on any atom is 0.280 e. The fourth-order valence-corrected chi connectivity index (χ4v) is 3.71. The molecule has 1 aliphatic rings. The van der Waals surface area contributed by atoms with Crippen molar-refractivity contribution in [2.24, 2.45) is 0 Å². The van der Waals surface area contributed by atoms with E-state index < -0.39 is 36.1 Å². The summed E-state index contributed by atoms with van der Waals surface area (Å²) in [5.41, 5.74) is 0.618. The van der Waals surface area contributed by atoms with Gasteiger partial charge in [-0.25, -0.2) is 27.1 Å². The zero-order chi connectivity index (χ0) is 22.3. The zero-order valence-corrected chi connectivity index (χ0v) is 16.5. The maximum absolute atomic E-state index is 13.3. The van der Waals surface area contributed by atoms with Gasteiger partial charge in [0.05, 0.1) is 5.69 Å². The fraction of sp³-hybridized carbons (Fsp3) is 0.350. The molecule has 4 rings (SSSR count). The van der Waals surface area contributed by atoms with E-state index >= 15 is 0 Å². The number of alkyl halides is 4. The Morgan fingerprint density at radius 2 is 1.84 bits per heavy atom. The first-order chi connectivity index (χ1) is 14.7. The van der Waals surface area contributed by atoms with Gasteiger partial charge in [-0.15, -0.1) is 0 Å². The standard InChI is InChI=1S/C20H18F4N6O/c1-10-3-4-29(19(31)12-5-11(2)27-14(6-12)17(21)22)8-13(10)16-7-15(18(23)24)28-20-25-9-26-30(16)20/h5-7,9,13,17-18H,1,3-4,8H2,2H3/t13-/m1/s1. The van der Waals surface area contributed by atoms with E-state index in [1.165, 1.54) is 34.8 Å². The van der Waals surface area contributed by atoms with Crippen LogP contribution in [-0.4, -0.2) is 48.5 Å². The van der Waals surface area contributed by atoms with Gasteiger partial charge < -0.3 is 4.90 Å². The molecule has 162 valence electrons. The quantitative estimate of drug-likeness (QED) is 0.460. The Morgan fingerprint density at radius 1 is 1.13 bits per heavy atom. The number of hydrogen-bond donors (Lipinski definition) is 0. The Bertz CT molecular complexity index is 1160.